The lowest BCUT2D eigenvalue weighted by Gasteiger charge is -2.22. The SMILES string of the molecule is Cc1cn([C@@H]2O[C@H](C(C)OP(=O)(O)O)[C@@H](O)[C@H]2O)c(=O)nc1N. The number of aryl methyl sites for hydroxylation is 1. The minimum absolute atomic E-state index is 0.0223. The Bertz CT molecular complexity index is 688. The lowest BCUT2D eigenvalue weighted by molar-refractivity contribution is -0.0783. The summed E-state index contributed by atoms with van der Waals surface area (Å²) in [6.07, 6.45) is -5.52. The minimum atomic E-state index is -4.81. The Balaban J connectivity index is 2.28. The lowest BCUT2D eigenvalue weighted by atomic mass is 10.1. The maximum absolute atomic E-state index is 11.9. The molecule has 130 valence electrons. The zero-order valence-electron chi connectivity index (χ0n) is 12.3. The van der Waals surface area contributed by atoms with E-state index in [2.05, 4.69) is 9.51 Å². The van der Waals surface area contributed by atoms with Gasteiger partial charge in [-0.25, -0.2) is 9.36 Å². The van der Waals surface area contributed by atoms with Crippen molar-refractivity contribution in [2.45, 2.75) is 44.5 Å². The number of aliphatic hydroxyl groups is 2. The summed E-state index contributed by atoms with van der Waals surface area (Å²) in [4.78, 5) is 33.1. The van der Waals surface area contributed by atoms with Crippen LogP contribution in [-0.2, 0) is 13.8 Å². The summed E-state index contributed by atoms with van der Waals surface area (Å²) in [7, 11) is -4.81. The van der Waals surface area contributed by atoms with Crippen molar-refractivity contribution in [2.75, 3.05) is 5.73 Å². The molecule has 1 aromatic heterocycles. The maximum atomic E-state index is 11.9. The molecule has 0 spiro atoms. The lowest BCUT2D eigenvalue weighted by Crippen LogP contribution is -2.38. The first-order valence-corrected chi connectivity index (χ1v) is 8.15. The van der Waals surface area contributed by atoms with Crippen molar-refractivity contribution in [3.63, 3.8) is 0 Å². The zero-order chi connectivity index (χ0) is 17.5. The van der Waals surface area contributed by atoms with Gasteiger partial charge in [-0.1, -0.05) is 0 Å². The van der Waals surface area contributed by atoms with Crippen molar-refractivity contribution in [3.8, 4) is 0 Å². The van der Waals surface area contributed by atoms with Crippen LogP contribution in [0.15, 0.2) is 11.0 Å². The zero-order valence-corrected chi connectivity index (χ0v) is 13.2. The Kier molecular flexibility index (Phi) is 4.92. The van der Waals surface area contributed by atoms with Crippen LogP contribution in [0, 0.1) is 6.92 Å². The van der Waals surface area contributed by atoms with E-state index in [0.717, 1.165) is 4.57 Å². The molecule has 0 bridgehead atoms. The van der Waals surface area contributed by atoms with Crippen molar-refractivity contribution < 1.29 is 33.8 Å². The molecule has 1 fully saturated rings. The average Bonchev–Trinajstić information content (AvgIpc) is 2.69. The third kappa shape index (κ3) is 3.78. The summed E-state index contributed by atoms with van der Waals surface area (Å²) in [6.45, 7) is 2.85. The van der Waals surface area contributed by atoms with E-state index >= 15 is 0 Å². The van der Waals surface area contributed by atoms with Gasteiger partial charge in [-0.15, -0.1) is 0 Å². The smallest absolute Gasteiger partial charge is 0.387 e. The fourth-order valence-electron chi connectivity index (χ4n) is 2.34. The summed E-state index contributed by atoms with van der Waals surface area (Å²) >= 11 is 0. The predicted octanol–water partition coefficient (Wildman–Crippen LogP) is -1.75. The predicted molar refractivity (Wildman–Crippen MR) is 76.2 cm³/mol. The number of nitrogens with zero attached hydrogens (tertiary/aromatic N) is 2. The molecule has 0 aromatic carbocycles. The summed E-state index contributed by atoms with van der Waals surface area (Å²) in [6, 6.07) is 0. The van der Waals surface area contributed by atoms with Crippen LogP contribution in [0.4, 0.5) is 5.82 Å². The van der Waals surface area contributed by atoms with Gasteiger partial charge in [-0.05, 0) is 13.8 Å². The van der Waals surface area contributed by atoms with Gasteiger partial charge in [0.05, 0.1) is 6.10 Å². The number of phosphoric ester groups is 1. The summed E-state index contributed by atoms with van der Waals surface area (Å²) in [5, 5.41) is 20.1. The highest BCUT2D eigenvalue weighted by atomic mass is 31.2. The Hall–Kier alpha value is -1.33. The van der Waals surface area contributed by atoms with E-state index in [4.69, 9.17) is 20.3 Å². The second-order valence-electron chi connectivity index (χ2n) is 5.27. The average molecular weight is 351 g/mol. The number of anilines is 1. The van der Waals surface area contributed by atoms with Crippen molar-refractivity contribution in [1.82, 2.24) is 9.55 Å². The van der Waals surface area contributed by atoms with Gasteiger partial charge in [-0.3, -0.25) is 9.09 Å². The summed E-state index contributed by atoms with van der Waals surface area (Å²) in [5.74, 6) is 0.0223. The summed E-state index contributed by atoms with van der Waals surface area (Å²) < 4.78 is 21.6. The first-order valence-electron chi connectivity index (χ1n) is 6.62. The molecule has 1 saturated heterocycles. The van der Waals surface area contributed by atoms with E-state index in [-0.39, 0.29) is 5.82 Å². The van der Waals surface area contributed by atoms with E-state index in [0.29, 0.717) is 5.56 Å². The standard InChI is InChI=1S/C11H18N3O8P/c1-4-3-14(11(17)13-9(4)12)10-7(16)6(15)8(21-10)5(2)22-23(18,19)20/h3,5-8,10,15-16H,1-2H3,(H2,12,13,17)(H2,18,19,20)/t5?,6-,7+,8+,10+/m0/s1. The molecule has 0 aliphatic carbocycles. The molecule has 5 atom stereocenters. The fraction of sp³-hybridized carbons (Fsp3) is 0.636. The van der Waals surface area contributed by atoms with Gasteiger partial charge in [0.2, 0.25) is 0 Å². The number of hydrogen-bond donors (Lipinski definition) is 5. The number of aliphatic hydroxyl groups excluding tert-OH is 2. The molecular formula is C11H18N3O8P. The third-order valence-electron chi connectivity index (χ3n) is 3.49. The fourth-order valence-corrected chi connectivity index (χ4v) is 2.89. The maximum Gasteiger partial charge on any atom is 0.469 e. The van der Waals surface area contributed by atoms with E-state index < -0.39 is 44.2 Å². The van der Waals surface area contributed by atoms with Gasteiger partial charge in [0, 0.05) is 11.8 Å². The first-order chi connectivity index (χ1) is 10.5. The van der Waals surface area contributed by atoms with E-state index in [1.807, 2.05) is 0 Å². The third-order valence-corrected chi connectivity index (χ3v) is 4.10. The molecule has 2 rings (SSSR count). The van der Waals surface area contributed by atoms with Crippen LogP contribution in [-0.4, -0.2) is 54.0 Å². The normalized spacial score (nSPS) is 29.7. The van der Waals surface area contributed by atoms with Crippen LogP contribution in [0.5, 0.6) is 0 Å². The number of hydrogen-bond acceptors (Lipinski definition) is 8. The van der Waals surface area contributed by atoms with Crippen molar-refractivity contribution in [1.29, 1.82) is 0 Å². The molecule has 0 radical (unpaired) electrons. The Morgan fingerprint density at radius 3 is 2.61 bits per heavy atom. The van der Waals surface area contributed by atoms with E-state index in [1.54, 1.807) is 6.92 Å². The second kappa shape index (κ2) is 6.29. The molecule has 1 aromatic rings. The van der Waals surface area contributed by atoms with Crippen LogP contribution >= 0.6 is 7.82 Å². The molecule has 11 nitrogen and oxygen atoms in total. The molecule has 2 heterocycles. The molecular weight excluding hydrogens is 333 g/mol. The first kappa shape index (κ1) is 18.0. The number of rotatable bonds is 4. The van der Waals surface area contributed by atoms with Crippen LogP contribution in [0.2, 0.25) is 0 Å². The van der Waals surface area contributed by atoms with Crippen molar-refractivity contribution in [3.05, 3.63) is 22.2 Å². The van der Waals surface area contributed by atoms with Gasteiger partial charge in [0.1, 0.15) is 24.1 Å². The number of aromatic nitrogens is 2. The van der Waals surface area contributed by atoms with Crippen molar-refractivity contribution in [2.24, 2.45) is 0 Å². The van der Waals surface area contributed by atoms with Crippen molar-refractivity contribution >= 4 is 13.6 Å². The van der Waals surface area contributed by atoms with Crippen LogP contribution in [0.3, 0.4) is 0 Å². The highest BCUT2D eigenvalue weighted by Crippen LogP contribution is 2.41. The Morgan fingerprint density at radius 2 is 2.04 bits per heavy atom. The molecule has 23 heavy (non-hydrogen) atoms. The van der Waals surface area contributed by atoms with E-state index in [9.17, 15) is 19.6 Å². The van der Waals surface area contributed by atoms with Crippen LogP contribution in [0.1, 0.15) is 18.7 Å². The molecule has 0 saturated carbocycles. The van der Waals surface area contributed by atoms with Gasteiger partial charge in [0.25, 0.3) is 0 Å². The summed E-state index contributed by atoms with van der Waals surface area (Å²) in [5.41, 5.74) is 5.17. The van der Waals surface area contributed by atoms with Gasteiger partial charge < -0.3 is 30.5 Å². The van der Waals surface area contributed by atoms with Gasteiger partial charge in [0.15, 0.2) is 6.23 Å². The minimum Gasteiger partial charge on any atom is -0.387 e. The highest BCUT2D eigenvalue weighted by molar-refractivity contribution is 7.46. The molecule has 0 amide bonds. The number of nitrogen functional groups attached to an aromatic ring is 1. The van der Waals surface area contributed by atoms with E-state index in [1.165, 1.54) is 13.1 Å². The molecule has 1 unspecified atom stereocenters. The van der Waals surface area contributed by atoms with Gasteiger partial charge in [-0.2, -0.15) is 4.98 Å². The second-order valence-corrected chi connectivity index (χ2v) is 6.46. The molecule has 1 aliphatic rings. The topological polar surface area (TPSA) is 177 Å². The monoisotopic (exact) mass is 351 g/mol. The number of ether oxygens (including phenoxy) is 1. The van der Waals surface area contributed by atoms with Gasteiger partial charge >= 0.3 is 13.5 Å². The molecule has 12 heteroatoms. The highest BCUT2D eigenvalue weighted by Gasteiger charge is 2.48. The number of phosphoric acid groups is 1. The largest absolute Gasteiger partial charge is 0.469 e. The van der Waals surface area contributed by atoms with Crippen LogP contribution in [0.25, 0.3) is 0 Å². The number of nitrogens with two attached hydrogens (primary N) is 1. The van der Waals surface area contributed by atoms with Crippen LogP contribution < -0.4 is 11.4 Å². The Labute approximate surface area is 130 Å². The Morgan fingerprint density at radius 1 is 1.43 bits per heavy atom. The molecule has 6 N–H and O–H groups in total. The molecule has 1 aliphatic heterocycles. The quantitative estimate of drug-likeness (QED) is 0.391.